The van der Waals surface area contributed by atoms with Crippen LogP contribution in [0.15, 0.2) is 170 Å². The van der Waals surface area contributed by atoms with Crippen LogP contribution in [-0.4, -0.2) is 270 Å². The van der Waals surface area contributed by atoms with Gasteiger partial charge in [0.05, 0.1) is 30.5 Å². The topological polar surface area (TPSA) is 450 Å². The molecule has 0 aliphatic carbocycles. The molecule has 4 heterocycles. The number of likely N-dealkylation sites (N-methyl/N-ethyl adjacent to an activating group) is 4. The Bertz CT molecular complexity index is 5160. The van der Waals surface area contributed by atoms with E-state index in [1.54, 1.807) is 149 Å². The predicted molar refractivity (Wildman–Crippen MR) is 494 cm³/mol. The number of para-hydroxylation sites is 1. The molecule has 32 nitrogen and oxygen atoms in total. The molecule has 0 bridgehead atoms. The number of phenolic OH excluding ortho intramolecular Hbond substituents is 2. The summed E-state index contributed by atoms with van der Waals surface area (Å²) >= 11 is 0.894. The summed E-state index contributed by atoms with van der Waals surface area (Å²) < 4.78 is 0. The number of benzene rings is 6. The molecule has 3 fully saturated rings. The Morgan fingerprint density at radius 3 is 1.58 bits per heavy atom. The van der Waals surface area contributed by atoms with E-state index in [0.29, 0.717) is 63.5 Å². The fourth-order valence-electron chi connectivity index (χ4n) is 17.2. The first kappa shape index (κ1) is 100. The average Bonchev–Trinajstić information content (AvgIpc) is 1.65. The fraction of sp³-hybridized carbons (Fsp3) is 0.459. The number of aliphatic hydroxyl groups is 1. The highest BCUT2D eigenvalue weighted by Gasteiger charge is 2.49. The van der Waals surface area contributed by atoms with E-state index < -0.39 is 204 Å². The number of Topliss-reactive ketones (excluding diaryl/α,β-unsaturated/α-hetero) is 2. The lowest BCUT2D eigenvalue weighted by atomic mass is 9.86. The number of primary amides is 1. The molecule has 3 aliphatic rings. The van der Waals surface area contributed by atoms with Gasteiger partial charge >= 0.3 is 0 Å². The highest BCUT2D eigenvalue weighted by molar-refractivity contribution is 8.00. The average molecular weight is 1820 g/mol. The molecule has 0 saturated carbocycles. The predicted octanol–water partition coefficient (Wildman–Crippen LogP) is 5.19. The molecular weight excluding hydrogens is 1690 g/mol. The third-order valence-corrected chi connectivity index (χ3v) is 25.6. The zero-order chi connectivity index (χ0) is 94.9. The molecule has 700 valence electrons. The first-order valence-corrected chi connectivity index (χ1v) is 46.0. The molecule has 1 aromatic heterocycles. The van der Waals surface area contributed by atoms with E-state index >= 15 is 52.7 Å². The van der Waals surface area contributed by atoms with Crippen LogP contribution < -0.4 is 37.6 Å². The number of ketones is 2. The summed E-state index contributed by atoms with van der Waals surface area (Å²) in [6.07, 6.45) is -0.561. The minimum Gasteiger partial charge on any atom is -0.508 e. The summed E-state index contributed by atoms with van der Waals surface area (Å²) in [6.45, 7) is 7.94. The van der Waals surface area contributed by atoms with Gasteiger partial charge in [0.15, 0.2) is 11.6 Å². The summed E-state index contributed by atoms with van der Waals surface area (Å²) in [7, 11) is 5.60. The van der Waals surface area contributed by atoms with Crippen molar-refractivity contribution in [3.8, 4) is 11.5 Å². The molecule has 131 heavy (non-hydrogen) atoms. The molecular formula is C98H124N14O18S. The number of unbranched alkanes of at least 4 members (excludes halogenated alkanes) is 1. The lowest BCUT2D eigenvalue weighted by Gasteiger charge is -2.38. The van der Waals surface area contributed by atoms with Crippen molar-refractivity contribution in [1.82, 2.24) is 66.3 Å². The van der Waals surface area contributed by atoms with Gasteiger partial charge in [-0.3, -0.25) is 71.9 Å². The molecule has 33 heteroatoms. The number of aliphatic hydroxyl groups excluding tert-OH is 1. The fourth-order valence-corrected chi connectivity index (χ4v) is 18.1. The number of nitrogens with one attached hydrogen (secondary N) is 7. The number of carbonyl (C=O) groups excluding carboxylic acids is 15. The van der Waals surface area contributed by atoms with Gasteiger partial charge in [0, 0.05) is 134 Å². The van der Waals surface area contributed by atoms with E-state index in [0.717, 1.165) is 16.7 Å². The third-order valence-electron chi connectivity index (χ3n) is 24.6. The molecule has 12 N–H and O–H groups in total. The van der Waals surface area contributed by atoms with E-state index in [1.165, 1.54) is 101 Å². The maximum atomic E-state index is 15.8. The van der Waals surface area contributed by atoms with Crippen molar-refractivity contribution in [1.29, 1.82) is 0 Å². The second kappa shape index (κ2) is 47.7. The van der Waals surface area contributed by atoms with Gasteiger partial charge < -0.3 is 87.3 Å². The first-order valence-electron chi connectivity index (χ1n) is 44.8. The van der Waals surface area contributed by atoms with Gasteiger partial charge in [0.2, 0.25) is 76.8 Å². The number of aromatic amines is 1. The van der Waals surface area contributed by atoms with Crippen molar-refractivity contribution in [3.63, 3.8) is 0 Å². The van der Waals surface area contributed by atoms with Gasteiger partial charge in [-0.1, -0.05) is 181 Å². The number of amides is 13. The van der Waals surface area contributed by atoms with Crippen molar-refractivity contribution < 1.29 is 87.2 Å². The Morgan fingerprint density at radius 2 is 1.00 bits per heavy atom. The molecule has 10 rings (SSSR count). The van der Waals surface area contributed by atoms with E-state index in [1.807, 2.05) is 6.92 Å². The zero-order valence-electron chi connectivity index (χ0n) is 75.8. The molecule has 13 amide bonds. The van der Waals surface area contributed by atoms with Gasteiger partial charge in [-0.2, -0.15) is 0 Å². The summed E-state index contributed by atoms with van der Waals surface area (Å²) in [5, 5.41) is 49.9. The number of fused-ring (bicyclic) bond motifs is 3. The van der Waals surface area contributed by atoms with Crippen LogP contribution in [0.1, 0.15) is 132 Å². The van der Waals surface area contributed by atoms with Crippen molar-refractivity contribution in [3.05, 3.63) is 203 Å². The van der Waals surface area contributed by atoms with E-state index in [4.69, 9.17) is 5.73 Å². The van der Waals surface area contributed by atoms with E-state index in [9.17, 15) is 34.5 Å². The maximum absolute atomic E-state index is 15.8. The van der Waals surface area contributed by atoms with Crippen molar-refractivity contribution in [2.75, 3.05) is 59.3 Å². The third kappa shape index (κ3) is 27.9. The number of aromatic nitrogens is 1. The SMILES string of the molecule is CCCC[C@H]1C(=O)N2CCC[C@@H]2C(=O)N2C[C@H](O)C[C@H]2C(=O)C[C@@H](C(C)C)C(=O)N(C)[C@@H](Cc2ccccc2)C(=O)N[C@@H](Cc2ccc(O)cc2)C(=O)N(C)CC(=O)N[C@@H](Cc2c[nH]c3ccccc23)C(=O)N[C@@H](Cc2ccc(O)cc2)C(=O)N[C@@H](CC(C)C)C(=O)N[C@H](C(=O)CCC(N)=O)CSCC(=O)N[C@@H](Cc2ccccc2)C(=O)N(C)[C@@H](Cc2ccccc2)C(=O)N1C. The van der Waals surface area contributed by atoms with Crippen LogP contribution in [0.5, 0.6) is 11.5 Å². The van der Waals surface area contributed by atoms with Gasteiger partial charge in [0.25, 0.3) is 0 Å². The van der Waals surface area contributed by atoms with Gasteiger partial charge in [-0.15, -0.1) is 11.8 Å². The number of aromatic hydroxyl groups is 2. The molecule has 3 aliphatic heterocycles. The quantitative estimate of drug-likeness (QED) is 0.0416. The second-order valence-electron chi connectivity index (χ2n) is 35.3. The number of rotatable bonds is 22. The number of nitrogens with zero attached hydrogens (tertiary/aromatic N) is 6. The number of thioether (sulfide) groups is 1. The van der Waals surface area contributed by atoms with Crippen molar-refractivity contribution in [2.45, 2.75) is 210 Å². The largest absolute Gasteiger partial charge is 0.508 e. The lowest BCUT2D eigenvalue weighted by Crippen LogP contribution is -2.60. The summed E-state index contributed by atoms with van der Waals surface area (Å²) in [6, 6.07) is 29.9. The van der Waals surface area contributed by atoms with Crippen LogP contribution in [0, 0.1) is 17.8 Å². The molecule has 6 aromatic carbocycles. The Kier molecular flexibility index (Phi) is 36.5. The van der Waals surface area contributed by atoms with E-state index in [-0.39, 0.29) is 100 Å². The van der Waals surface area contributed by atoms with Gasteiger partial charge in [-0.05, 0) is 101 Å². The van der Waals surface area contributed by atoms with Crippen LogP contribution in [0.2, 0.25) is 0 Å². The van der Waals surface area contributed by atoms with Crippen LogP contribution in [0.3, 0.4) is 0 Å². The number of hydrogen-bond donors (Lipinski definition) is 11. The van der Waals surface area contributed by atoms with Crippen LogP contribution in [0.25, 0.3) is 10.9 Å². The van der Waals surface area contributed by atoms with Crippen LogP contribution >= 0.6 is 11.8 Å². The van der Waals surface area contributed by atoms with Crippen molar-refractivity contribution >= 4 is 111 Å². The molecule has 3 saturated heterocycles. The molecule has 13 atom stereocenters. The normalized spacial score (nSPS) is 23.9. The summed E-state index contributed by atoms with van der Waals surface area (Å²) in [4.78, 5) is 237. The number of carbonyl (C=O) groups is 15. The highest BCUT2D eigenvalue weighted by atomic mass is 32.2. The maximum Gasteiger partial charge on any atom is 0.246 e. The smallest absolute Gasteiger partial charge is 0.246 e. The molecule has 0 unspecified atom stereocenters. The minimum absolute atomic E-state index is 0.0581. The second-order valence-corrected chi connectivity index (χ2v) is 36.3. The lowest BCUT2D eigenvalue weighted by molar-refractivity contribution is -0.154. The number of hydrogen-bond acceptors (Lipinski definition) is 19. The number of phenols is 2. The number of nitrogens with two attached hydrogens (primary N) is 1. The molecule has 0 spiro atoms. The monoisotopic (exact) mass is 1820 g/mol. The van der Waals surface area contributed by atoms with Gasteiger partial charge in [0.1, 0.15) is 65.9 Å². The van der Waals surface area contributed by atoms with E-state index in [2.05, 4.69) is 36.9 Å². The Morgan fingerprint density at radius 1 is 0.496 bits per heavy atom. The molecule has 7 aromatic rings. The Labute approximate surface area is 768 Å². The number of H-pyrrole nitrogens is 1. The summed E-state index contributed by atoms with van der Waals surface area (Å²) in [5.74, 6) is -14.3. The van der Waals surface area contributed by atoms with Crippen LogP contribution in [-0.2, 0) is 110 Å². The Balaban J connectivity index is 1.04. The first-order chi connectivity index (χ1) is 62.5. The minimum atomic E-state index is -1.57. The van der Waals surface area contributed by atoms with Crippen LogP contribution in [0.4, 0.5) is 0 Å². The zero-order valence-corrected chi connectivity index (χ0v) is 76.6. The van der Waals surface area contributed by atoms with Gasteiger partial charge in [-0.25, -0.2) is 0 Å². The highest BCUT2D eigenvalue weighted by Crippen LogP contribution is 2.32. The summed E-state index contributed by atoms with van der Waals surface area (Å²) in [5.41, 5.74) is 9.48. The van der Waals surface area contributed by atoms with Crippen molar-refractivity contribution in [2.24, 2.45) is 23.5 Å². The Hall–Kier alpha value is -12.8. The molecule has 0 radical (unpaired) electrons. The standard InChI is InChI=1S/C98H124N14O18S/c1-10-11-32-79-97(129)111-44-23-33-80(111)98(130)112-55-69(115)52-81(112)85(117)53-71(60(4)5)93(125)109(8)82(49-62-26-17-13-18-27-62)92(124)105-76(48-65-36-40-68(114)41-37-65)94(126)107(6)56-87(119)101-75(51-66-54-100-72-31-22-21-30-70(66)72)91(123)104-74(46-64-34-38-67(113)39-35-64)90(122)103-73(45-59(2)3)89(121)106-78(84(116)42-43-86(99)118)57-131-58-88(120)102-77(47-61-24-15-12-16-25-61)95(127)110(9)83(96(128)108(79)7)50-63-28-19-14-20-29-63/h12-22,24-31,34-41,54,59-60,69,71,73-83,100,113-115H,10-11,23,32-33,42-53,55-58H2,1-9H3,(H2,99,118)(H,101,119)(H,102,120)(H,103,122)(H,104,123)(H,105,124)(H,106,121)/t69-,71+,73+,74+,75+,76+,77+,78+,79+,80-,81+,82+,83+/m1/s1.